The van der Waals surface area contributed by atoms with Crippen LogP contribution < -0.4 is 10.5 Å². The van der Waals surface area contributed by atoms with Crippen LogP contribution in [0.4, 0.5) is 10.1 Å². The molecule has 1 aromatic rings. The van der Waals surface area contributed by atoms with E-state index < -0.39 is 0 Å². The summed E-state index contributed by atoms with van der Waals surface area (Å²) in [5.41, 5.74) is 6.13. The number of ether oxygens (including phenoxy) is 1. The Bertz CT molecular complexity index is 442. The van der Waals surface area contributed by atoms with Crippen molar-refractivity contribution in [1.82, 2.24) is 0 Å². The number of hydrogen-bond acceptors (Lipinski definition) is 3. The average molecular weight is 234 g/mol. The minimum atomic E-state index is -0.376. The predicted octanol–water partition coefficient (Wildman–Crippen LogP) is 2.87. The second-order valence-corrected chi connectivity index (χ2v) is 4.36. The van der Waals surface area contributed by atoms with Gasteiger partial charge in [-0.05, 0) is 31.4 Å². The second kappa shape index (κ2) is 5.05. The Morgan fingerprint density at radius 3 is 2.88 bits per heavy atom. The van der Waals surface area contributed by atoms with E-state index in [2.05, 4.69) is 6.07 Å². The third-order valence-electron chi connectivity index (χ3n) is 3.12. The normalized spacial score (nSPS) is 24.0. The zero-order chi connectivity index (χ0) is 12.3. The largest absolute Gasteiger partial charge is 0.487 e. The van der Waals surface area contributed by atoms with Gasteiger partial charge >= 0.3 is 0 Å². The summed E-state index contributed by atoms with van der Waals surface area (Å²) in [6.45, 7) is 0. The van der Waals surface area contributed by atoms with Crippen molar-refractivity contribution in [3.63, 3.8) is 0 Å². The molecule has 0 radical (unpaired) electrons. The van der Waals surface area contributed by atoms with Gasteiger partial charge in [-0.2, -0.15) is 5.26 Å². The zero-order valence-electron chi connectivity index (χ0n) is 9.53. The Balaban J connectivity index is 2.14. The molecular weight excluding hydrogens is 219 g/mol. The van der Waals surface area contributed by atoms with E-state index in [0.29, 0.717) is 11.4 Å². The van der Waals surface area contributed by atoms with Crippen LogP contribution in [0, 0.1) is 23.1 Å². The van der Waals surface area contributed by atoms with E-state index in [9.17, 15) is 4.39 Å². The SMILES string of the molecule is N#CC1CCCCC1Oc1cc(F)ccc1N. The Morgan fingerprint density at radius 1 is 1.35 bits per heavy atom. The number of nitrogen functional groups attached to an aromatic ring is 1. The number of rotatable bonds is 2. The summed E-state index contributed by atoms with van der Waals surface area (Å²) in [5, 5.41) is 9.03. The fourth-order valence-electron chi connectivity index (χ4n) is 2.16. The van der Waals surface area contributed by atoms with E-state index >= 15 is 0 Å². The number of halogens is 1. The maximum absolute atomic E-state index is 13.1. The lowest BCUT2D eigenvalue weighted by Gasteiger charge is -2.27. The quantitative estimate of drug-likeness (QED) is 0.800. The first-order valence-electron chi connectivity index (χ1n) is 5.82. The molecule has 90 valence electrons. The number of nitrogens with zero attached hydrogens (tertiary/aromatic N) is 1. The lowest BCUT2D eigenvalue weighted by atomic mass is 9.87. The van der Waals surface area contributed by atoms with Crippen LogP contribution in [0.25, 0.3) is 0 Å². The molecule has 1 aliphatic carbocycles. The number of nitriles is 1. The van der Waals surface area contributed by atoms with Crippen LogP contribution >= 0.6 is 0 Å². The summed E-state index contributed by atoms with van der Waals surface area (Å²) >= 11 is 0. The Hall–Kier alpha value is -1.76. The zero-order valence-corrected chi connectivity index (χ0v) is 9.53. The smallest absolute Gasteiger partial charge is 0.145 e. The monoisotopic (exact) mass is 234 g/mol. The van der Waals surface area contributed by atoms with Crippen LogP contribution in [-0.2, 0) is 0 Å². The third kappa shape index (κ3) is 2.68. The molecule has 1 aliphatic rings. The van der Waals surface area contributed by atoms with Crippen molar-refractivity contribution in [3.8, 4) is 11.8 Å². The van der Waals surface area contributed by atoms with Gasteiger partial charge in [0.2, 0.25) is 0 Å². The van der Waals surface area contributed by atoms with Crippen molar-refractivity contribution in [3.05, 3.63) is 24.0 Å². The van der Waals surface area contributed by atoms with Crippen LogP contribution in [0.5, 0.6) is 5.75 Å². The minimum Gasteiger partial charge on any atom is -0.487 e. The summed E-state index contributed by atoms with van der Waals surface area (Å²) in [5.74, 6) is -0.151. The van der Waals surface area contributed by atoms with Crippen molar-refractivity contribution < 1.29 is 9.13 Å². The van der Waals surface area contributed by atoms with Gasteiger partial charge in [0.15, 0.2) is 0 Å². The van der Waals surface area contributed by atoms with Gasteiger partial charge in [0.1, 0.15) is 17.7 Å². The first-order chi connectivity index (χ1) is 8.20. The molecule has 0 saturated heterocycles. The van der Waals surface area contributed by atoms with Crippen LogP contribution in [0.3, 0.4) is 0 Å². The second-order valence-electron chi connectivity index (χ2n) is 4.36. The first kappa shape index (κ1) is 11.7. The van der Waals surface area contributed by atoms with Gasteiger partial charge in [0, 0.05) is 6.07 Å². The number of anilines is 1. The first-order valence-corrected chi connectivity index (χ1v) is 5.82. The molecule has 0 aliphatic heterocycles. The van der Waals surface area contributed by atoms with Crippen molar-refractivity contribution >= 4 is 5.69 Å². The van der Waals surface area contributed by atoms with Gasteiger partial charge < -0.3 is 10.5 Å². The van der Waals surface area contributed by atoms with Gasteiger partial charge in [-0.3, -0.25) is 0 Å². The molecule has 2 atom stereocenters. The molecule has 0 aromatic heterocycles. The van der Waals surface area contributed by atoms with Crippen LogP contribution in [0.15, 0.2) is 18.2 Å². The average Bonchev–Trinajstić information content (AvgIpc) is 2.34. The standard InChI is InChI=1S/C13H15FN2O/c14-10-5-6-11(16)13(7-10)17-12-4-2-1-3-9(12)8-15/h5-7,9,12H,1-4,16H2. The molecule has 0 heterocycles. The molecule has 0 spiro atoms. The molecule has 1 aromatic carbocycles. The summed E-state index contributed by atoms with van der Waals surface area (Å²) in [6, 6.07) is 6.30. The molecule has 4 heteroatoms. The Kier molecular flexibility index (Phi) is 3.48. The Labute approximate surface area is 100.0 Å². The third-order valence-corrected chi connectivity index (χ3v) is 3.12. The molecule has 0 amide bonds. The van der Waals surface area contributed by atoms with Crippen LogP contribution in [0.2, 0.25) is 0 Å². The van der Waals surface area contributed by atoms with Crippen molar-refractivity contribution in [2.75, 3.05) is 5.73 Å². The van der Waals surface area contributed by atoms with Crippen LogP contribution in [-0.4, -0.2) is 6.10 Å². The summed E-state index contributed by atoms with van der Waals surface area (Å²) < 4.78 is 18.8. The van der Waals surface area contributed by atoms with Gasteiger partial charge in [-0.1, -0.05) is 6.42 Å². The summed E-state index contributed by atoms with van der Waals surface area (Å²) in [7, 11) is 0. The van der Waals surface area contributed by atoms with Crippen LogP contribution in [0.1, 0.15) is 25.7 Å². The highest BCUT2D eigenvalue weighted by Gasteiger charge is 2.27. The van der Waals surface area contributed by atoms with Gasteiger partial charge in [-0.15, -0.1) is 0 Å². The van der Waals surface area contributed by atoms with E-state index in [1.807, 2.05) is 0 Å². The minimum absolute atomic E-state index is 0.119. The lowest BCUT2D eigenvalue weighted by Crippen LogP contribution is -2.29. The van der Waals surface area contributed by atoms with E-state index in [1.54, 1.807) is 0 Å². The summed E-state index contributed by atoms with van der Waals surface area (Å²) in [6.07, 6.45) is 3.59. The molecule has 17 heavy (non-hydrogen) atoms. The number of hydrogen-bond donors (Lipinski definition) is 1. The van der Waals surface area contributed by atoms with Crippen molar-refractivity contribution in [1.29, 1.82) is 5.26 Å². The lowest BCUT2D eigenvalue weighted by molar-refractivity contribution is 0.120. The molecule has 3 nitrogen and oxygen atoms in total. The fourth-order valence-corrected chi connectivity index (χ4v) is 2.16. The topological polar surface area (TPSA) is 59.0 Å². The molecule has 2 rings (SSSR count). The van der Waals surface area contributed by atoms with E-state index in [1.165, 1.54) is 18.2 Å². The van der Waals surface area contributed by atoms with Gasteiger partial charge in [0.25, 0.3) is 0 Å². The molecule has 1 saturated carbocycles. The molecule has 2 N–H and O–H groups in total. The molecule has 1 fully saturated rings. The highest BCUT2D eigenvalue weighted by molar-refractivity contribution is 5.52. The maximum Gasteiger partial charge on any atom is 0.145 e. The highest BCUT2D eigenvalue weighted by Crippen LogP contribution is 2.31. The molecule has 2 unspecified atom stereocenters. The highest BCUT2D eigenvalue weighted by atomic mass is 19.1. The summed E-state index contributed by atoms with van der Waals surface area (Å²) in [4.78, 5) is 0. The fraction of sp³-hybridized carbons (Fsp3) is 0.462. The Morgan fingerprint density at radius 2 is 2.12 bits per heavy atom. The van der Waals surface area contributed by atoms with E-state index in [0.717, 1.165) is 25.7 Å². The van der Waals surface area contributed by atoms with E-state index in [4.69, 9.17) is 15.7 Å². The number of benzene rings is 1. The van der Waals surface area contributed by atoms with Crippen molar-refractivity contribution in [2.45, 2.75) is 31.8 Å². The molecule has 0 bridgehead atoms. The predicted molar refractivity (Wildman–Crippen MR) is 62.8 cm³/mol. The molecular formula is C13H15FN2O. The van der Waals surface area contributed by atoms with Crippen molar-refractivity contribution in [2.24, 2.45) is 5.92 Å². The number of nitrogens with two attached hydrogens (primary N) is 1. The maximum atomic E-state index is 13.1. The van der Waals surface area contributed by atoms with Gasteiger partial charge in [0.05, 0.1) is 17.7 Å². The van der Waals surface area contributed by atoms with Gasteiger partial charge in [-0.25, -0.2) is 4.39 Å². The van der Waals surface area contributed by atoms with E-state index in [-0.39, 0.29) is 17.8 Å².